The Hall–Kier alpha value is -3.80. The van der Waals surface area contributed by atoms with Crippen molar-refractivity contribution in [3.8, 4) is 11.3 Å². The number of rotatable bonds is 8. The smallest absolute Gasteiger partial charge is 0.416 e. The van der Waals surface area contributed by atoms with E-state index in [1.807, 2.05) is 43.3 Å². The molecule has 2 aromatic carbocycles. The normalized spacial score (nSPS) is 17.9. The maximum Gasteiger partial charge on any atom is 0.416 e. The van der Waals surface area contributed by atoms with Crippen molar-refractivity contribution in [2.45, 2.75) is 50.6 Å². The van der Waals surface area contributed by atoms with Gasteiger partial charge in [0.15, 0.2) is 0 Å². The number of aromatic nitrogens is 2. The highest BCUT2D eigenvalue weighted by Gasteiger charge is 2.37. The van der Waals surface area contributed by atoms with Gasteiger partial charge in [-0.3, -0.25) is 0 Å². The summed E-state index contributed by atoms with van der Waals surface area (Å²) in [7, 11) is 3.91. The van der Waals surface area contributed by atoms with E-state index >= 15 is 0 Å². The third-order valence-corrected chi connectivity index (χ3v) is 7.45. The van der Waals surface area contributed by atoms with E-state index in [4.69, 9.17) is 9.40 Å². The van der Waals surface area contributed by atoms with Crippen molar-refractivity contribution in [3.63, 3.8) is 0 Å². The molecule has 42 heavy (non-hydrogen) atoms. The number of furan rings is 1. The fourth-order valence-corrected chi connectivity index (χ4v) is 5.28. The molecule has 0 saturated heterocycles. The largest absolute Gasteiger partial charge is 0.460 e. The Balaban J connectivity index is 1.14. The summed E-state index contributed by atoms with van der Waals surface area (Å²) in [6.07, 6.45) is -5.98. The molecule has 0 bridgehead atoms. The molecule has 0 amide bonds. The van der Waals surface area contributed by atoms with Crippen LogP contribution in [-0.2, 0) is 18.9 Å². The zero-order chi connectivity index (χ0) is 30.1. The molecule has 0 radical (unpaired) electrons. The van der Waals surface area contributed by atoms with Crippen LogP contribution in [0.15, 0.2) is 59.0 Å². The number of fused-ring (bicyclic) bond motifs is 1. The van der Waals surface area contributed by atoms with Crippen molar-refractivity contribution in [2.75, 3.05) is 30.9 Å². The van der Waals surface area contributed by atoms with Gasteiger partial charge in [-0.2, -0.15) is 31.3 Å². The molecule has 2 aromatic heterocycles. The average Bonchev–Trinajstić information content (AvgIpc) is 3.41. The van der Waals surface area contributed by atoms with Crippen molar-refractivity contribution in [3.05, 3.63) is 71.5 Å². The Kier molecular flexibility index (Phi) is 8.36. The van der Waals surface area contributed by atoms with E-state index in [0.29, 0.717) is 42.8 Å². The van der Waals surface area contributed by atoms with Crippen LogP contribution >= 0.6 is 0 Å². The molecule has 12 heteroatoms. The molecular formula is C30H31F6N5O. The first-order chi connectivity index (χ1) is 19.9. The molecule has 1 saturated carbocycles. The number of para-hydroxylation sites is 1. The van der Waals surface area contributed by atoms with Gasteiger partial charge in [0.25, 0.3) is 0 Å². The van der Waals surface area contributed by atoms with Crippen LogP contribution in [0.5, 0.6) is 0 Å². The summed E-state index contributed by atoms with van der Waals surface area (Å²) in [5, 5.41) is 7.79. The second-order valence-corrected chi connectivity index (χ2v) is 10.8. The van der Waals surface area contributed by atoms with Gasteiger partial charge in [-0.15, -0.1) is 0 Å². The molecule has 224 valence electrons. The van der Waals surface area contributed by atoms with Crippen molar-refractivity contribution in [1.29, 1.82) is 0 Å². The highest BCUT2D eigenvalue weighted by atomic mass is 19.4. The van der Waals surface area contributed by atoms with Gasteiger partial charge in [0.2, 0.25) is 5.95 Å². The highest BCUT2D eigenvalue weighted by molar-refractivity contribution is 5.90. The van der Waals surface area contributed by atoms with Gasteiger partial charge in [0.1, 0.15) is 17.3 Å². The average molecular weight is 592 g/mol. The molecule has 1 fully saturated rings. The summed E-state index contributed by atoms with van der Waals surface area (Å²) >= 11 is 0. The lowest BCUT2D eigenvalue weighted by atomic mass is 9.86. The van der Waals surface area contributed by atoms with Gasteiger partial charge in [-0.1, -0.05) is 12.1 Å². The number of nitrogens with one attached hydrogen (secondary N) is 2. The Morgan fingerprint density at radius 2 is 1.52 bits per heavy atom. The van der Waals surface area contributed by atoms with Gasteiger partial charge < -0.3 is 20.0 Å². The van der Waals surface area contributed by atoms with Crippen molar-refractivity contribution >= 4 is 22.7 Å². The van der Waals surface area contributed by atoms with E-state index in [1.54, 1.807) is 6.07 Å². The standard InChI is InChI=1S/C30H31F6N5O/c1-41(2)27-24-5-3-4-6-25(24)39-28(40-27)38-22-9-7-18(8-10-22)16-37-17-23-11-12-26(42-23)19-13-20(29(31,32)33)15-21(14-19)30(34,35)36/h3-6,11-15,18,22,37H,7-10,16-17H2,1-2H3,(H,38,39,40). The Labute approximate surface area is 239 Å². The molecule has 0 spiro atoms. The fraction of sp³-hybridized carbons (Fsp3) is 0.400. The Morgan fingerprint density at radius 1 is 0.857 bits per heavy atom. The minimum Gasteiger partial charge on any atom is -0.460 e. The lowest BCUT2D eigenvalue weighted by molar-refractivity contribution is -0.143. The summed E-state index contributed by atoms with van der Waals surface area (Å²) in [6.45, 7) is 1.02. The number of benzene rings is 2. The SMILES string of the molecule is CN(C)c1nc(NC2CCC(CNCc3ccc(-c4cc(C(F)(F)F)cc(C(F)(F)F)c4)o3)CC2)nc2ccccc12. The molecule has 0 unspecified atom stereocenters. The zero-order valence-corrected chi connectivity index (χ0v) is 23.1. The van der Waals surface area contributed by atoms with Crippen LogP contribution in [0.3, 0.4) is 0 Å². The second-order valence-electron chi connectivity index (χ2n) is 10.8. The Morgan fingerprint density at radius 3 is 2.17 bits per heavy atom. The first-order valence-electron chi connectivity index (χ1n) is 13.7. The first-order valence-corrected chi connectivity index (χ1v) is 13.7. The second kappa shape index (κ2) is 11.8. The molecule has 5 rings (SSSR count). The van der Waals surface area contributed by atoms with Gasteiger partial charge >= 0.3 is 12.4 Å². The maximum atomic E-state index is 13.2. The molecule has 0 aliphatic heterocycles. The van der Waals surface area contributed by atoms with E-state index in [0.717, 1.165) is 42.4 Å². The van der Waals surface area contributed by atoms with Crippen molar-refractivity contribution < 1.29 is 30.8 Å². The van der Waals surface area contributed by atoms with E-state index in [-0.39, 0.29) is 23.4 Å². The quantitative estimate of drug-likeness (QED) is 0.204. The molecule has 0 atom stereocenters. The first kappa shape index (κ1) is 29.7. The fourth-order valence-electron chi connectivity index (χ4n) is 5.28. The monoisotopic (exact) mass is 591 g/mol. The number of hydrogen-bond donors (Lipinski definition) is 2. The van der Waals surface area contributed by atoms with Gasteiger partial charge in [0, 0.05) is 31.1 Å². The molecular weight excluding hydrogens is 560 g/mol. The van der Waals surface area contributed by atoms with Crippen molar-refractivity contribution in [1.82, 2.24) is 15.3 Å². The van der Waals surface area contributed by atoms with Crippen LogP contribution in [0, 0.1) is 5.92 Å². The molecule has 2 N–H and O–H groups in total. The minimum atomic E-state index is -4.92. The number of hydrogen-bond acceptors (Lipinski definition) is 6. The summed E-state index contributed by atoms with van der Waals surface area (Å²) < 4.78 is 84.9. The summed E-state index contributed by atoms with van der Waals surface area (Å²) in [6, 6.07) is 12.5. The molecule has 1 aliphatic carbocycles. The van der Waals surface area contributed by atoms with Crippen LogP contribution in [0.2, 0.25) is 0 Å². The van der Waals surface area contributed by atoms with Crippen molar-refractivity contribution in [2.24, 2.45) is 5.92 Å². The lowest BCUT2D eigenvalue weighted by Crippen LogP contribution is -2.31. The molecule has 6 nitrogen and oxygen atoms in total. The Bertz CT molecular complexity index is 1490. The molecule has 1 aliphatic rings. The predicted molar refractivity (Wildman–Crippen MR) is 149 cm³/mol. The van der Waals surface area contributed by atoms with Crippen LogP contribution in [0.25, 0.3) is 22.2 Å². The van der Waals surface area contributed by atoms with E-state index in [1.165, 1.54) is 6.07 Å². The molecule has 4 aromatic rings. The summed E-state index contributed by atoms with van der Waals surface area (Å²) in [4.78, 5) is 11.4. The van der Waals surface area contributed by atoms with Crippen LogP contribution in [-0.4, -0.2) is 36.6 Å². The van der Waals surface area contributed by atoms with Crippen LogP contribution < -0.4 is 15.5 Å². The predicted octanol–water partition coefficient (Wildman–Crippen LogP) is 7.75. The van der Waals surface area contributed by atoms with Gasteiger partial charge in [-0.05, 0) is 80.6 Å². The van der Waals surface area contributed by atoms with Gasteiger partial charge in [-0.25, -0.2) is 4.98 Å². The molecule has 2 heterocycles. The topological polar surface area (TPSA) is 66.2 Å². The van der Waals surface area contributed by atoms with E-state index in [9.17, 15) is 26.3 Å². The number of anilines is 2. The summed E-state index contributed by atoms with van der Waals surface area (Å²) in [5.41, 5.74) is -2.15. The van der Waals surface area contributed by atoms with Gasteiger partial charge in [0.05, 0.1) is 23.2 Å². The lowest BCUT2D eigenvalue weighted by Gasteiger charge is -2.29. The number of alkyl halides is 6. The zero-order valence-electron chi connectivity index (χ0n) is 23.1. The minimum absolute atomic E-state index is 0.0525. The summed E-state index contributed by atoms with van der Waals surface area (Å²) in [5.74, 6) is 2.26. The highest BCUT2D eigenvalue weighted by Crippen LogP contribution is 2.39. The maximum absolute atomic E-state index is 13.2. The number of nitrogens with zero attached hydrogens (tertiary/aromatic N) is 3. The van der Waals surface area contributed by atoms with E-state index < -0.39 is 23.5 Å². The third kappa shape index (κ3) is 6.97. The number of halogens is 6. The van der Waals surface area contributed by atoms with Crippen LogP contribution in [0.1, 0.15) is 42.6 Å². The third-order valence-electron chi connectivity index (χ3n) is 7.45. The van der Waals surface area contributed by atoms with Crippen LogP contribution in [0.4, 0.5) is 38.1 Å². The van der Waals surface area contributed by atoms with E-state index in [2.05, 4.69) is 15.6 Å².